The summed E-state index contributed by atoms with van der Waals surface area (Å²) in [5.74, 6) is 0.450. The van der Waals surface area contributed by atoms with Crippen molar-refractivity contribution < 1.29 is 9.53 Å². The molecule has 2 aromatic carbocycles. The zero-order chi connectivity index (χ0) is 18.5. The molecule has 0 aliphatic rings. The third-order valence-electron chi connectivity index (χ3n) is 3.77. The van der Waals surface area contributed by atoms with E-state index in [0.29, 0.717) is 15.2 Å². The minimum Gasteiger partial charge on any atom is -0.481 e. The van der Waals surface area contributed by atoms with Gasteiger partial charge in [-0.3, -0.25) is 10.1 Å². The zero-order valence-electron chi connectivity index (χ0n) is 14.4. The number of benzene rings is 2. The van der Waals surface area contributed by atoms with E-state index in [1.807, 2.05) is 43.3 Å². The van der Waals surface area contributed by atoms with E-state index in [4.69, 9.17) is 16.3 Å². The lowest BCUT2D eigenvalue weighted by molar-refractivity contribution is -0.122. The molecule has 0 radical (unpaired) electrons. The largest absolute Gasteiger partial charge is 0.481 e. The monoisotopic (exact) mass is 387 g/mol. The van der Waals surface area contributed by atoms with Crippen LogP contribution in [0.4, 0.5) is 5.13 Å². The van der Waals surface area contributed by atoms with Gasteiger partial charge in [0.25, 0.3) is 5.91 Å². The maximum absolute atomic E-state index is 12.4. The van der Waals surface area contributed by atoms with Gasteiger partial charge in [0.2, 0.25) is 5.13 Å². The van der Waals surface area contributed by atoms with Gasteiger partial charge < -0.3 is 4.74 Å². The predicted octanol–water partition coefficient (Wildman–Crippen LogP) is 4.83. The highest BCUT2D eigenvalue weighted by Crippen LogP contribution is 2.27. The van der Waals surface area contributed by atoms with E-state index in [0.717, 1.165) is 23.3 Å². The average molecular weight is 388 g/mol. The molecule has 3 aromatic rings. The summed E-state index contributed by atoms with van der Waals surface area (Å²) in [5.41, 5.74) is 1.96. The van der Waals surface area contributed by atoms with Crippen molar-refractivity contribution in [1.82, 2.24) is 10.2 Å². The van der Waals surface area contributed by atoms with Gasteiger partial charge in [0.05, 0.1) is 0 Å². The fraction of sp³-hybridized carbons (Fsp3) is 0.211. The van der Waals surface area contributed by atoms with Gasteiger partial charge in [0.1, 0.15) is 10.8 Å². The van der Waals surface area contributed by atoms with Crippen LogP contribution in [0.1, 0.15) is 19.4 Å². The Labute approximate surface area is 161 Å². The molecule has 0 fully saturated rings. The number of carbonyl (C=O) groups is 1. The van der Waals surface area contributed by atoms with Gasteiger partial charge in [0.15, 0.2) is 6.10 Å². The normalized spacial score (nSPS) is 11.8. The SMILES string of the molecule is CCc1ccccc1OC(C)C(=O)Nc1nnc(-c2ccc(Cl)cc2)s1. The van der Waals surface area contributed by atoms with Crippen LogP contribution in [0.15, 0.2) is 48.5 Å². The minimum absolute atomic E-state index is 0.269. The number of halogens is 1. The molecule has 1 heterocycles. The van der Waals surface area contributed by atoms with Crippen LogP contribution in [0.2, 0.25) is 5.02 Å². The van der Waals surface area contributed by atoms with E-state index in [1.54, 1.807) is 19.1 Å². The van der Waals surface area contributed by atoms with Gasteiger partial charge >= 0.3 is 0 Å². The Kier molecular flexibility index (Phi) is 5.85. The van der Waals surface area contributed by atoms with Crippen LogP contribution in [-0.2, 0) is 11.2 Å². The van der Waals surface area contributed by atoms with E-state index in [2.05, 4.69) is 15.5 Å². The molecule has 0 spiro atoms. The number of carbonyl (C=O) groups excluding carboxylic acids is 1. The molecule has 1 unspecified atom stereocenters. The number of anilines is 1. The van der Waals surface area contributed by atoms with Crippen LogP contribution in [0.5, 0.6) is 5.75 Å². The fourth-order valence-electron chi connectivity index (χ4n) is 2.34. The smallest absolute Gasteiger partial charge is 0.266 e. The summed E-state index contributed by atoms with van der Waals surface area (Å²) in [6, 6.07) is 15.0. The number of ether oxygens (including phenoxy) is 1. The zero-order valence-corrected chi connectivity index (χ0v) is 16.0. The van der Waals surface area contributed by atoms with Crippen LogP contribution in [0.3, 0.4) is 0 Å². The van der Waals surface area contributed by atoms with Crippen molar-refractivity contribution in [3.8, 4) is 16.3 Å². The number of rotatable bonds is 6. The lowest BCUT2D eigenvalue weighted by Gasteiger charge is -2.15. The van der Waals surface area contributed by atoms with Crippen LogP contribution in [0, 0.1) is 0 Å². The quantitative estimate of drug-likeness (QED) is 0.658. The third-order valence-corrected chi connectivity index (χ3v) is 4.91. The highest BCUT2D eigenvalue weighted by atomic mass is 35.5. The molecule has 0 aliphatic carbocycles. The minimum atomic E-state index is -0.648. The van der Waals surface area contributed by atoms with Crippen molar-refractivity contribution >= 4 is 34.0 Å². The third kappa shape index (κ3) is 4.39. The van der Waals surface area contributed by atoms with Crippen molar-refractivity contribution in [2.24, 2.45) is 0 Å². The molecule has 5 nitrogen and oxygen atoms in total. The first kappa shape index (κ1) is 18.4. The van der Waals surface area contributed by atoms with Gasteiger partial charge in [-0.05, 0) is 37.1 Å². The molecule has 1 amide bonds. The Hall–Kier alpha value is -2.44. The summed E-state index contributed by atoms with van der Waals surface area (Å²) < 4.78 is 5.80. The number of hydrogen-bond acceptors (Lipinski definition) is 5. The Bertz CT molecular complexity index is 896. The van der Waals surface area contributed by atoms with E-state index in [1.165, 1.54) is 11.3 Å². The summed E-state index contributed by atoms with van der Waals surface area (Å²) in [6.45, 7) is 3.76. The van der Waals surface area contributed by atoms with E-state index < -0.39 is 6.10 Å². The standard InChI is InChI=1S/C19H18ClN3O2S/c1-3-13-6-4-5-7-16(13)25-12(2)17(24)21-19-23-22-18(26-19)14-8-10-15(20)11-9-14/h4-12H,3H2,1-2H3,(H,21,23,24). The fourth-order valence-corrected chi connectivity index (χ4v) is 3.22. The van der Waals surface area contributed by atoms with E-state index in [-0.39, 0.29) is 5.91 Å². The van der Waals surface area contributed by atoms with Crippen molar-refractivity contribution in [3.63, 3.8) is 0 Å². The highest BCUT2D eigenvalue weighted by Gasteiger charge is 2.18. The molecule has 0 saturated heterocycles. The molecule has 134 valence electrons. The number of hydrogen-bond donors (Lipinski definition) is 1. The predicted molar refractivity (Wildman–Crippen MR) is 105 cm³/mol. The second kappa shape index (κ2) is 8.29. The first-order valence-electron chi connectivity index (χ1n) is 8.21. The number of nitrogens with zero attached hydrogens (tertiary/aromatic N) is 2. The maximum Gasteiger partial charge on any atom is 0.266 e. The van der Waals surface area contributed by atoms with Gasteiger partial charge in [-0.15, -0.1) is 10.2 Å². The maximum atomic E-state index is 12.4. The molecule has 1 aromatic heterocycles. The molecule has 0 bridgehead atoms. The van der Waals surface area contributed by atoms with Crippen LogP contribution in [0.25, 0.3) is 10.6 Å². The molecule has 3 rings (SSSR count). The lowest BCUT2D eigenvalue weighted by Crippen LogP contribution is -2.30. The first-order valence-corrected chi connectivity index (χ1v) is 9.41. The van der Waals surface area contributed by atoms with Crippen molar-refractivity contribution in [1.29, 1.82) is 0 Å². The summed E-state index contributed by atoms with van der Waals surface area (Å²) >= 11 is 7.19. The molecule has 0 aliphatic heterocycles. The number of aryl methyl sites for hydroxylation is 1. The average Bonchev–Trinajstić information content (AvgIpc) is 3.11. The summed E-state index contributed by atoms with van der Waals surface area (Å²) in [4.78, 5) is 12.4. The number of nitrogens with one attached hydrogen (secondary N) is 1. The topological polar surface area (TPSA) is 64.1 Å². The van der Waals surface area contributed by atoms with Crippen LogP contribution in [-0.4, -0.2) is 22.2 Å². The molecule has 0 saturated carbocycles. The summed E-state index contributed by atoms with van der Waals surface area (Å²) in [6.07, 6.45) is 0.191. The van der Waals surface area contributed by atoms with Gasteiger partial charge in [-0.25, -0.2) is 0 Å². The van der Waals surface area contributed by atoms with Crippen molar-refractivity contribution in [3.05, 3.63) is 59.1 Å². The Morgan fingerprint density at radius 3 is 2.65 bits per heavy atom. The van der Waals surface area contributed by atoms with Gasteiger partial charge in [0, 0.05) is 10.6 Å². The Balaban J connectivity index is 1.65. The van der Waals surface area contributed by atoms with Gasteiger partial charge in [-0.1, -0.05) is 60.2 Å². The molecular weight excluding hydrogens is 370 g/mol. The van der Waals surface area contributed by atoms with E-state index >= 15 is 0 Å². The Morgan fingerprint density at radius 2 is 1.92 bits per heavy atom. The summed E-state index contributed by atoms with van der Waals surface area (Å²) in [5, 5.41) is 12.7. The van der Waals surface area contributed by atoms with Crippen LogP contribution < -0.4 is 10.1 Å². The van der Waals surface area contributed by atoms with Crippen molar-refractivity contribution in [2.75, 3.05) is 5.32 Å². The molecule has 1 N–H and O–H groups in total. The second-order valence-corrected chi connectivity index (χ2v) is 7.04. The first-order chi connectivity index (χ1) is 12.6. The number of para-hydroxylation sites is 1. The molecule has 7 heteroatoms. The second-order valence-electron chi connectivity index (χ2n) is 5.63. The number of aromatic nitrogens is 2. The van der Waals surface area contributed by atoms with E-state index in [9.17, 15) is 4.79 Å². The van der Waals surface area contributed by atoms with Gasteiger partial charge in [-0.2, -0.15) is 0 Å². The van der Waals surface area contributed by atoms with Crippen LogP contribution >= 0.6 is 22.9 Å². The van der Waals surface area contributed by atoms with Crippen molar-refractivity contribution in [2.45, 2.75) is 26.4 Å². The Morgan fingerprint density at radius 1 is 1.19 bits per heavy atom. The molecule has 1 atom stereocenters. The molecular formula is C19H18ClN3O2S. The molecule has 26 heavy (non-hydrogen) atoms. The lowest BCUT2D eigenvalue weighted by atomic mass is 10.1. The number of amides is 1. The summed E-state index contributed by atoms with van der Waals surface area (Å²) in [7, 11) is 0. The highest BCUT2D eigenvalue weighted by molar-refractivity contribution is 7.18.